The summed E-state index contributed by atoms with van der Waals surface area (Å²) in [6.07, 6.45) is -10.9. The molecule has 0 unspecified atom stereocenters. The molecule has 4 nitrogen and oxygen atoms in total. The fraction of sp³-hybridized carbons (Fsp3) is 0.333. The van der Waals surface area contributed by atoms with E-state index in [2.05, 4.69) is 0 Å². The van der Waals surface area contributed by atoms with Gasteiger partial charge in [-0.05, 0) is 0 Å². The molecule has 0 saturated heterocycles. The van der Waals surface area contributed by atoms with Crippen molar-refractivity contribution in [3.8, 4) is 0 Å². The van der Waals surface area contributed by atoms with Gasteiger partial charge in [-0.25, -0.2) is 4.79 Å². The van der Waals surface area contributed by atoms with Crippen LogP contribution in [0.2, 0.25) is 0 Å². The zero-order chi connectivity index (χ0) is 12.7. The number of aromatic amines is 1. The third kappa shape index (κ3) is 2.09. The van der Waals surface area contributed by atoms with E-state index in [1.54, 1.807) is 0 Å². The standard InChI is InChI=1S/C6H2F6N2O2/c7-5(8,9)2-1-13-4(16)14(3(2)15)6(10,11)12/h1H,(H,13,16). The Morgan fingerprint density at radius 2 is 1.56 bits per heavy atom. The SMILES string of the molecule is O=c1[nH]cc(C(F)(F)F)c(=O)n1C(F)(F)F. The van der Waals surface area contributed by atoms with Gasteiger partial charge in [-0.1, -0.05) is 0 Å². The lowest BCUT2D eigenvalue weighted by Crippen LogP contribution is -2.45. The predicted octanol–water partition coefficient (Wildman–Crippen LogP) is 1.03. The number of hydrogen-bond donors (Lipinski definition) is 1. The first kappa shape index (κ1) is 12.3. The van der Waals surface area contributed by atoms with Crippen LogP contribution in [0, 0.1) is 0 Å². The number of H-pyrrole nitrogens is 1. The molecule has 0 aliphatic carbocycles. The van der Waals surface area contributed by atoms with Crippen LogP contribution in [0.25, 0.3) is 0 Å². The van der Waals surface area contributed by atoms with Gasteiger partial charge in [0.15, 0.2) is 0 Å². The fourth-order valence-corrected chi connectivity index (χ4v) is 0.906. The van der Waals surface area contributed by atoms with Crippen LogP contribution >= 0.6 is 0 Å². The highest BCUT2D eigenvalue weighted by Gasteiger charge is 2.41. The highest BCUT2D eigenvalue weighted by atomic mass is 19.4. The lowest BCUT2D eigenvalue weighted by Gasteiger charge is -2.11. The van der Waals surface area contributed by atoms with E-state index < -0.39 is 33.9 Å². The van der Waals surface area contributed by atoms with Crippen LogP contribution in [-0.2, 0) is 12.5 Å². The maximum atomic E-state index is 12.1. The molecule has 0 spiro atoms. The molecule has 1 rings (SSSR count). The number of aromatic nitrogens is 2. The molecule has 0 saturated carbocycles. The summed E-state index contributed by atoms with van der Waals surface area (Å²) in [6, 6.07) is 0. The molecule has 90 valence electrons. The summed E-state index contributed by atoms with van der Waals surface area (Å²) in [6.45, 7) is 0. The van der Waals surface area contributed by atoms with Crippen molar-refractivity contribution in [2.75, 3.05) is 0 Å². The van der Waals surface area contributed by atoms with Crippen LogP contribution in [0.1, 0.15) is 5.56 Å². The second-order valence-corrected chi connectivity index (χ2v) is 2.61. The highest BCUT2D eigenvalue weighted by molar-refractivity contribution is 5.09. The Morgan fingerprint density at radius 1 is 1.06 bits per heavy atom. The molecular formula is C6H2F6N2O2. The van der Waals surface area contributed by atoms with Gasteiger partial charge in [0.2, 0.25) is 0 Å². The molecule has 16 heavy (non-hydrogen) atoms. The fourth-order valence-electron chi connectivity index (χ4n) is 0.906. The van der Waals surface area contributed by atoms with Gasteiger partial charge in [0.1, 0.15) is 5.56 Å². The molecule has 1 N–H and O–H groups in total. The van der Waals surface area contributed by atoms with Crippen molar-refractivity contribution < 1.29 is 26.3 Å². The first-order valence-corrected chi connectivity index (χ1v) is 3.54. The Kier molecular flexibility index (Phi) is 2.61. The summed E-state index contributed by atoms with van der Waals surface area (Å²) in [4.78, 5) is 22.6. The maximum Gasteiger partial charge on any atom is 0.495 e. The molecule has 1 aromatic heterocycles. The van der Waals surface area contributed by atoms with Crippen LogP contribution in [0.15, 0.2) is 15.8 Å². The number of halogens is 6. The highest BCUT2D eigenvalue weighted by Crippen LogP contribution is 2.26. The molecular weight excluding hydrogens is 246 g/mol. The van der Waals surface area contributed by atoms with Crippen LogP contribution in [0.4, 0.5) is 26.3 Å². The van der Waals surface area contributed by atoms with Gasteiger partial charge >= 0.3 is 18.2 Å². The minimum atomic E-state index is -5.51. The molecule has 10 heteroatoms. The zero-order valence-electron chi connectivity index (χ0n) is 7.11. The Morgan fingerprint density at radius 3 is 1.94 bits per heavy atom. The molecule has 0 fully saturated rings. The summed E-state index contributed by atoms with van der Waals surface area (Å²) in [7, 11) is 0. The van der Waals surface area contributed by atoms with Gasteiger partial charge in [-0.15, -0.1) is 13.2 Å². The average Bonchev–Trinajstić information content (AvgIpc) is 1.97. The van der Waals surface area contributed by atoms with E-state index in [-0.39, 0.29) is 6.20 Å². The van der Waals surface area contributed by atoms with Crippen molar-refractivity contribution in [1.82, 2.24) is 9.55 Å². The second-order valence-electron chi connectivity index (χ2n) is 2.61. The van der Waals surface area contributed by atoms with E-state index in [4.69, 9.17) is 0 Å². The van der Waals surface area contributed by atoms with E-state index in [1.165, 1.54) is 4.98 Å². The molecule has 1 heterocycles. The zero-order valence-corrected chi connectivity index (χ0v) is 7.11. The van der Waals surface area contributed by atoms with Crippen molar-refractivity contribution in [3.05, 3.63) is 32.6 Å². The topological polar surface area (TPSA) is 54.9 Å². The van der Waals surface area contributed by atoms with E-state index in [1.807, 2.05) is 0 Å². The van der Waals surface area contributed by atoms with E-state index >= 15 is 0 Å². The largest absolute Gasteiger partial charge is 0.495 e. The number of alkyl halides is 6. The quantitative estimate of drug-likeness (QED) is 0.697. The van der Waals surface area contributed by atoms with Gasteiger partial charge in [-0.3, -0.25) is 4.79 Å². The molecule has 0 aliphatic rings. The molecule has 1 aromatic rings. The van der Waals surface area contributed by atoms with E-state index in [0.717, 1.165) is 0 Å². The molecule has 0 atom stereocenters. The summed E-state index contributed by atoms with van der Waals surface area (Å²) < 4.78 is 70.8. The monoisotopic (exact) mass is 248 g/mol. The van der Waals surface area contributed by atoms with Gasteiger partial charge in [0.05, 0.1) is 0 Å². The van der Waals surface area contributed by atoms with Crippen molar-refractivity contribution >= 4 is 0 Å². The van der Waals surface area contributed by atoms with E-state index in [9.17, 15) is 35.9 Å². The molecule has 0 radical (unpaired) electrons. The van der Waals surface area contributed by atoms with Gasteiger partial charge < -0.3 is 4.98 Å². The van der Waals surface area contributed by atoms with Crippen LogP contribution in [0.5, 0.6) is 0 Å². The molecule has 0 aliphatic heterocycles. The van der Waals surface area contributed by atoms with Crippen LogP contribution < -0.4 is 11.2 Å². The molecule has 0 aromatic carbocycles. The second kappa shape index (κ2) is 3.39. The summed E-state index contributed by atoms with van der Waals surface area (Å²) in [5.74, 6) is 0. The Balaban J connectivity index is 3.66. The third-order valence-electron chi connectivity index (χ3n) is 1.54. The summed E-state index contributed by atoms with van der Waals surface area (Å²) >= 11 is 0. The predicted molar refractivity (Wildman–Crippen MR) is 37.6 cm³/mol. The first-order chi connectivity index (χ1) is 7.05. The minimum Gasteiger partial charge on any atom is -0.313 e. The van der Waals surface area contributed by atoms with E-state index in [0.29, 0.717) is 0 Å². The molecule has 0 amide bonds. The lowest BCUT2D eigenvalue weighted by molar-refractivity contribution is -0.210. The number of nitrogens with one attached hydrogen (secondary N) is 1. The number of hydrogen-bond acceptors (Lipinski definition) is 2. The minimum absolute atomic E-state index is 0.104. The average molecular weight is 248 g/mol. The first-order valence-electron chi connectivity index (χ1n) is 3.54. The maximum absolute atomic E-state index is 12.1. The Hall–Kier alpha value is -1.74. The molecule has 0 bridgehead atoms. The number of rotatable bonds is 0. The third-order valence-corrected chi connectivity index (χ3v) is 1.54. The van der Waals surface area contributed by atoms with Gasteiger partial charge in [-0.2, -0.15) is 17.7 Å². The smallest absolute Gasteiger partial charge is 0.313 e. The van der Waals surface area contributed by atoms with Crippen molar-refractivity contribution in [2.45, 2.75) is 12.5 Å². The van der Waals surface area contributed by atoms with Crippen molar-refractivity contribution in [2.24, 2.45) is 0 Å². The van der Waals surface area contributed by atoms with Crippen molar-refractivity contribution in [1.29, 1.82) is 0 Å². The van der Waals surface area contributed by atoms with Gasteiger partial charge in [0.25, 0.3) is 5.56 Å². The number of nitrogens with zero attached hydrogens (tertiary/aromatic N) is 1. The summed E-state index contributed by atoms with van der Waals surface area (Å²) in [5, 5.41) is 0. The van der Waals surface area contributed by atoms with Crippen LogP contribution in [-0.4, -0.2) is 9.55 Å². The normalized spacial score (nSPS) is 12.9. The van der Waals surface area contributed by atoms with Crippen LogP contribution in [0.3, 0.4) is 0 Å². The Bertz CT molecular complexity index is 507. The van der Waals surface area contributed by atoms with Crippen molar-refractivity contribution in [3.63, 3.8) is 0 Å². The summed E-state index contributed by atoms with van der Waals surface area (Å²) in [5.41, 5.74) is -6.53. The lowest BCUT2D eigenvalue weighted by atomic mass is 10.3. The Labute approximate surface area is 82.1 Å². The van der Waals surface area contributed by atoms with Gasteiger partial charge in [0, 0.05) is 6.20 Å².